The number of benzene rings is 1. The lowest BCUT2D eigenvalue weighted by molar-refractivity contribution is -0.137. The average molecular weight is 463 g/mol. The first-order valence-corrected chi connectivity index (χ1v) is 11.3. The quantitative estimate of drug-likeness (QED) is 0.713. The topological polar surface area (TPSA) is 57.7 Å². The summed E-state index contributed by atoms with van der Waals surface area (Å²) in [5, 5.41) is 3.01. The first-order valence-electron chi connectivity index (χ1n) is 11.3. The van der Waals surface area contributed by atoms with Crippen LogP contribution in [0.5, 0.6) is 0 Å². The van der Waals surface area contributed by atoms with Gasteiger partial charge in [0.25, 0.3) is 0 Å². The minimum Gasteiger partial charge on any atom is -0.379 e. The van der Waals surface area contributed by atoms with E-state index in [2.05, 4.69) is 21.3 Å². The molecule has 1 aromatic heterocycles. The average Bonchev–Trinajstić information content (AvgIpc) is 2.83. The van der Waals surface area contributed by atoms with Crippen LogP contribution < -0.4 is 10.2 Å². The highest BCUT2D eigenvalue weighted by atomic mass is 19.4. The van der Waals surface area contributed by atoms with Crippen LogP contribution in [-0.4, -0.2) is 55.2 Å². The molecule has 2 aliphatic rings. The van der Waals surface area contributed by atoms with Crippen LogP contribution in [0.25, 0.3) is 0 Å². The molecule has 0 aliphatic carbocycles. The maximum atomic E-state index is 13.4. The molecule has 178 valence electrons. The number of nitrogens with zero attached hydrogens (tertiary/aromatic N) is 3. The molecule has 0 spiro atoms. The van der Waals surface area contributed by atoms with Crippen LogP contribution in [0.15, 0.2) is 42.6 Å². The lowest BCUT2D eigenvalue weighted by atomic mass is 9.96. The largest absolute Gasteiger partial charge is 0.419 e. The Balaban J connectivity index is 1.38. The van der Waals surface area contributed by atoms with E-state index in [0.717, 1.165) is 50.0 Å². The highest BCUT2D eigenvalue weighted by molar-refractivity contribution is 5.79. The van der Waals surface area contributed by atoms with Crippen LogP contribution in [0.1, 0.15) is 29.5 Å². The number of hydrogen-bond acceptors (Lipinski definition) is 5. The van der Waals surface area contributed by atoms with Crippen molar-refractivity contribution in [3.05, 3.63) is 59.3 Å². The molecule has 2 fully saturated rings. The Labute approximate surface area is 191 Å². The van der Waals surface area contributed by atoms with Crippen molar-refractivity contribution in [1.82, 2.24) is 15.2 Å². The number of ether oxygens (including phenoxy) is 1. The number of piperidine rings is 1. The lowest BCUT2D eigenvalue weighted by Crippen LogP contribution is -2.44. The third-order valence-corrected chi connectivity index (χ3v) is 6.25. The summed E-state index contributed by atoms with van der Waals surface area (Å²) < 4.78 is 45.7. The zero-order valence-corrected chi connectivity index (χ0v) is 18.5. The van der Waals surface area contributed by atoms with E-state index >= 15 is 0 Å². The number of carbonyl (C=O) groups is 1. The summed E-state index contributed by atoms with van der Waals surface area (Å²) in [5.41, 5.74) is 1.45. The number of halogens is 3. The second-order valence-electron chi connectivity index (χ2n) is 8.53. The minimum atomic E-state index is -4.48. The summed E-state index contributed by atoms with van der Waals surface area (Å²) >= 11 is 0. The lowest BCUT2D eigenvalue weighted by Gasteiger charge is -2.34. The highest BCUT2D eigenvalue weighted by Crippen LogP contribution is 2.36. The molecule has 6 nitrogen and oxygen atoms in total. The zero-order valence-electron chi connectivity index (χ0n) is 18.5. The molecule has 1 unspecified atom stereocenters. The number of alkyl halides is 3. The Morgan fingerprint density at radius 2 is 1.85 bits per heavy atom. The summed E-state index contributed by atoms with van der Waals surface area (Å²) in [6.45, 7) is 5.08. The Kier molecular flexibility index (Phi) is 7.49. The second kappa shape index (κ2) is 10.5. The predicted octanol–water partition coefficient (Wildman–Crippen LogP) is 3.47. The number of aromatic nitrogens is 1. The van der Waals surface area contributed by atoms with E-state index in [1.54, 1.807) is 4.90 Å². The van der Waals surface area contributed by atoms with Gasteiger partial charge in [-0.15, -0.1) is 0 Å². The number of rotatable bonds is 6. The Morgan fingerprint density at radius 1 is 1.09 bits per heavy atom. The van der Waals surface area contributed by atoms with Crippen LogP contribution in [0.2, 0.25) is 0 Å². The van der Waals surface area contributed by atoms with Crippen LogP contribution in [0.3, 0.4) is 0 Å². The SMILES string of the molecule is O=C(NCc1ccccc1CN1CCOCC1)C1CCCN(c2ncccc2C(F)(F)F)C1. The first-order chi connectivity index (χ1) is 15.9. The van der Waals surface area contributed by atoms with Gasteiger partial charge >= 0.3 is 6.18 Å². The van der Waals surface area contributed by atoms with Gasteiger partial charge in [-0.05, 0) is 36.1 Å². The maximum absolute atomic E-state index is 13.4. The van der Waals surface area contributed by atoms with E-state index in [4.69, 9.17) is 4.74 Å². The fourth-order valence-electron chi connectivity index (χ4n) is 4.46. The molecule has 3 heterocycles. The normalized spacial score (nSPS) is 20.0. The van der Waals surface area contributed by atoms with Crippen LogP contribution in [0, 0.1) is 5.92 Å². The van der Waals surface area contributed by atoms with Crippen LogP contribution in [-0.2, 0) is 28.8 Å². The van der Waals surface area contributed by atoms with Crippen LogP contribution >= 0.6 is 0 Å². The standard InChI is InChI=1S/C24H29F3N4O2/c25-24(26,27)21-8-3-9-28-22(21)31-10-4-7-20(17-31)23(32)29-15-18-5-1-2-6-19(18)16-30-11-13-33-14-12-30/h1-3,5-6,8-9,20H,4,7,10-17H2,(H,29,32). The molecule has 2 aliphatic heterocycles. The fourth-order valence-corrected chi connectivity index (χ4v) is 4.46. The summed E-state index contributed by atoms with van der Waals surface area (Å²) in [4.78, 5) is 20.8. The molecule has 0 radical (unpaired) electrons. The van der Waals surface area contributed by atoms with Gasteiger partial charge in [-0.25, -0.2) is 4.98 Å². The van der Waals surface area contributed by atoms with E-state index < -0.39 is 11.7 Å². The van der Waals surface area contributed by atoms with Crippen molar-refractivity contribution in [3.8, 4) is 0 Å². The van der Waals surface area contributed by atoms with Crippen molar-refractivity contribution in [2.75, 3.05) is 44.3 Å². The molecule has 2 saturated heterocycles. The number of morpholine rings is 1. The molecule has 2 aromatic rings. The number of carbonyl (C=O) groups excluding carboxylic acids is 1. The third kappa shape index (κ3) is 6.03. The molecule has 0 saturated carbocycles. The molecule has 1 atom stereocenters. The summed E-state index contributed by atoms with van der Waals surface area (Å²) in [5.74, 6) is -0.614. The van der Waals surface area contributed by atoms with E-state index in [-0.39, 0.29) is 24.2 Å². The Morgan fingerprint density at radius 3 is 2.61 bits per heavy atom. The second-order valence-corrected chi connectivity index (χ2v) is 8.53. The van der Waals surface area contributed by atoms with E-state index in [1.165, 1.54) is 12.3 Å². The zero-order chi connectivity index (χ0) is 23.3. The van der Waals surface area contributed by atoms with Crippen molar-refractivity contribution >= 4 is 11.7 Å². The van der Waals surface area contributed by atoms with Gasteiger partial charge in [0.05, 0.1) is 24.7 Å². The molecule has 1 N–H and O–H groups in total. The molecule has 0 bridgehead atoms. The van der Waals surface area contributed by atoms with E-state index in [0.29, 0.717) is 25.9 Å². The van der Waals surface area contributed by atoms with Gasteiger partial charge in [0, 0.05) is 45.5 Å². The summed E-state index contributed by atoms with van der Waals surface area (Å²) in [6, 6.07) is 10.3. The minimum absolute atomic E-state index is 0.0987. The molecule has 9 heteroatoms. The maximum Gasteiger partial charge on any atom is 0.419 e. The highest BCUT2D eigenvalue weighted by Gasteiger charge is 2.37. The smallest absolute Gasteiger partial charge is 0.379 e. The third-order valence-electron chi connectivity index (χ3n) is 6.25. The van der Waals surface area contributed by atoms with Crippen molar-refractivity contribution in [3.63, 3.8) is 0 Å². The number of anilines is 1. The molecule has 4 rings (SSSR count). The van der Waals surface area contributed by atoms with Gasteiger partial charge in [0.1, 0.15) is 5.82 Å². The molecular formula is C24H29F3N4O2. The van der Waals surface area contributed by atoms with Gasteiger partial charge < -0.3 is 15.0 Å². The predicted molar refractivity (Wildman–Crippen MR) is 119 cm³/mol. The van der Waals surface area contributed by atoms with Crippen molar-refractivity contribution in [2.45, 2.75) is 32.1 Å². The van der Waals surface area contributed by atoms with Gasteiger partial charge in [0.2, 0.25) is 5.91 Å². The van der Waals surface area contributed by atoms with E-state index in [9.17, 15) is 18.0 Å². The van der Waals surface area contributed by atoms with Gasteiger partial charge in [-0.3, -0.25) is 9.69 Å². The van der Waals surface area contributed by atoms with Crippen molar-refractivity contribution < 1.29 is 22.7 Å². The Bertz CT molecular complexity index is 947. The van der Waals surface area contributed by atoms with Gasteiger partial charge in [0.15, 0.2) is 0 Å². The molecular weight excluding hydrogens is 433 g/mol. The molecule has 33 heavy (non-hydrogen) atoms. The van der Waals surface area contributed by atoms with E-state index in [1.807, 2.05) is 18.2 Å². The van der Waals surface area contributed by atoms with Crippen LogP contribution in [0.4, 0.5) is 19.0 Å². The monoisotopic (exact) mass is 462 g/mol. The molecule has 1 aromatic carbocycles. The number of hydrogen-bond donors (Lipinski definition) is 1. The Hall–Kier alpha value is -2.65. The number of amides is 1. The van der Waals surface area contributed by atoms with Gasteiger partial charge in [-0.2, -0.15) is 13.2 Å². The van der Waals surface area contributed by atoms with Gasteiger partial charge in [-0.1, -0.05) is 24.3 Å². The summed E-state index contributed by atoms with van der Waals surface area (Å²) in [7, 11) is 0. The fraction of sp³-hybridized carbons (Fsp3) is 0.500. The number of pyridine rings is 1. The van der Waals surface area contributed by atoms with Crippen molar-refractivity contribution in [1.29, 1.82) is 0 Å². The summed E-state index contributed by atoms with van der Waals surface area (Å²) in [6.07, 6.45) is -1.84. The first kappa shape index (κ1) is 23.5. The molecule has 1 amide bonds. The van der Waals surface area contributed by atoms with Crippen molar-refractivity contribution in [2.24, 2.45) is 5.92 Å². The number of nitrogens with one attached hydrogen (secondary N) is 1.